The van der Waals surface area contributed by atoms with E-state index in [0.29, 0.717) is 25.2 Å². The number of ether oxygens (including phenoxy) is 1. The molecule has 0 aliphatic carbocycles. The van der Waals surface area contributed by atoms with E-state index in [1.54, 1.807) is 0 Å². The van der Waals surface area contributed by atoms with Gasteiger partial charge in [-0.2, -0.15) is 0 Å². The molecule has 86 valence electrons. The van der Waals surface area contributed by atoms with Gasteiger partial charge in [0.05, 0.1) is 0 Å². The summed E-state index contributed by atoms with van der Waals surface area (Å²) in [6.07, 6.45) is 2.97. The molecule has 2 unspecified atom stereocenters. The molecule has 2 aliphatic rings. The predicted octanol–water partition coefficient (Wildman–Crippen LogP) is 0.675. The van der Waals surface area contributed by atoms with Gasteiger partial charge in [-0.05, 0) is 19.9 Å². The molecule has 15 heavy (non-hydrogen) atoms. The number of hydrogen-bond acceptors (Lipinski definition) is 4. The van der Waals surface area contributed by atoms with E-state index in [1.165, 1.54) is 12.8 Å². The van der Waals surface area contributed by atoms with Crippen molar-refractivity contribution >= 4 is 5.97 Å². The summed E-state index contributed by atoms with van der Waals surface area (Å²) >= 11 is 0. The van der Waals surface area contributed by atoms with Crippen molar-refractivity contribution in [2.24, 2.45) is 0 Å². The Morgan fingerprint density at radius 3 is 2.47 bits per heavy atom. The average Bonchev–Trinajstić information content (AvgIpc) is 2.46. The summed E-state index contributed by atoms with van der Waals surface area (Å²) in [4.78, 5) is 15.8. The Labute approximate surface area is 91.2 Å². The molecule has 0 aromatic rings. The van der Waals surface area contributed by atoms with Gasteiger partial charge < -0.3 is 9.64 Å². The van der Waals surface area contributed by atoms with E-state index in [2.05, 4.69) is 16.8 Å². The van der Waals surface area contributed by atoms with E-state index in [-0.39, 0.29) is 5.97 Å². The number of fused-ring (bicyclic) bond motifs is 2. The van der Waals surface area contributed by atoms with Crippen molar-refractivity contribution in [3.05, 3.63) is 0 Å². The van der Waals surface area contributed by atoms with Crippen LogP contribution in [-0.4, -0.2) is 54.7 Å². The maximum Gasteiger partial charge on any atom is 0.306 e. The summed E-state index contributed by atoms with van der Waals surface area (Å²) < 4.78 is 5.22. The van der Waals surface area contributed by atoms with Crippen molar-refractivity contribution in [2.45, 2.75) is 38.3 Å². The number of likely N-dealkylation sites (tertiary alicyclic amines) is 1. The molecule has 0 saturated carbocycles. The zero-order valence-corrected chi connectivity index (χ0v) is 9.61. The standard InChI is InChI=1S/C11H20N2O2/c1-3-11(14)15-8-13-9-4-5-10(13)7-12(2)6-9/h9-10H,3-8H2,1-2H3. The second-order valence-electron chi connectivity index (χ2n) is 4.62. The largest absolute Gasteiger partial charge is 0.449 e. The Hall–Kier alpha value is -0.610. The Bertz CT molecular complexity index is 231. The molecule has 0 spiro atoms. The summed E-state index contributed by atoms with van der Waals surface area (Å²) in [7, 11) is 2.17. The van der Waals surface area contributed by atoms with E-state index < -0.39 is 0 Å². The third-order valence-corrected chi connectivity index (χ3v) is 3.48. The molecule has 2 rings (SSSR count). The highest BCUT2D eigenvalue weighted by atomic mass is 16.5. The number of piperazine rings is 1. The van der Waals surface area contributed by atoms with Gasteiger partial charge in [0.2, 0.25) is 0 Å². The van der Waals surface area contributed by atoms with Crippen molar-refractivity contribution < 1.29 is 9.53 Å². The molecule has 2 fully saturated rings. The maximum absolute atomic E-state index is 11.1. The zero-order chi connectivity index (χ0) is 10.8. The van der Waals surface area contributed by atoms with E-state index in [9.17, 15) is 4.79 Å². The van der Waals surface area contributed by atoms with Crippen molar-refractivity contribution in [2.75, 3.05) is 26.9 Å². The second kappa shape index (κ2) is 4.49. The predicted molar refractivity (Wildman–Crippen MR) is 57.4 cm³/mol. The van der Waals surface area contributed by atoms with Gasteiger partial charge in [-0.25, -0.2) is 0 Å². The Balaban J connectivity index is 1.86. The van der Waals surface area contributed by atoms with E-state index in [0.717, 1.165) is 13.1 Å². The van der Waals surface area contributed by atoms with Crippen LogP contribution in [0.4, 0.5) is 0 Å². The number of nitrogens with zero attached hydrogens (tertiary/aromatic N) is 2. The molecule has 0 radical (unpaired) electrons. The lowest BCUT2D eigenvalue weighted by molar-refractivity contribution is -0.150. The normalized spacial score (nSPS) is 31.9. The second-order valence-corrected chi connectivity index (χ2v) is 4.62. The molecule has 0 amide bonds. The van der Waals surface area contributed by atoms with Gasteiger partial charge >= 0.3 is 5.97 Å². The summed E-state index contributed by atoms with van der Waals surface area (Å²) in [5, 5.41) is 0. The third kappa shape index (κ3) is 2.32. The van der Waals surface area contributed by atoms with Crippen molar-refractivity contribution in [3.8, 4) is 0 Å². The lowest BCUT2D eigenvalue weighted by Crippen LogP contribution is -2.53. The Kier molecular flexibility index (Phi) is 3.26. The van der Waals surface area contributed by atoms with Gasteiger partial charge in [0, 0.05) is 31.6 Å². The molecule has 4 heteroatoms. The quantitative estimate of drug-likeness (QED) is 0.644. The summed E-state index contributed by atoms with van der Waals surface area (Å²) in [5.41, 5.74) is 0. The Morgan fingerprint density at radius 1 is 1.33 bits per heavy atom. The van der Waals surface area contributed by atoms with E-state index in [4.69, 9.17) is 4.74 Å². The van der Waals surface area contributed by atoms with Crippen LogP contribution in [0.15, 0.2) is 0 Å². The number of hydrogen-bond donors (Lipinski definition) is 0. The van der Waals surface area contributed by atoms with Gasteiger partial charge in [-0.15, -0.1) is 0 Å². The lowest BCUT2D eigenvalue weighted by atomic mass is 10.2. The van der Waals surface area contributed by atoms with Gasteiger partial charge in [-0.3, -0.25) is 9.69 Å². The van der Waals surface area contributed by atoms with Gasteiger partial charge in [-0.1, -0.05) is 6.92 Å². The van der Waals surface area contributed by atoms with Gasteiger partial charge in [0.25, 0.3) is 0 Å². The summed E-state index contributed by atoms with van der Waals surface area (Å²) in [6, 6.07) is 1.19. The molecule has 2 atom stereocenters. The smallest absolute Gasteiger partial charge is 0.306 e. The van der Waals surface area contributed by atoms with Crippen LogP contribution in [0.5, 0.6) is 0 Å². The number of esters is 1. The topological polar surface area (TPSA) is 32.8 Å². The minimum atomic E-state index is -0.0895. The van der Waals surface area contributed by atoms with Crippen molar-refractivity contribution in [3.63, 3.8) is 0 Å². The van der Waals surface area contributed by atoms with E-state index >= 15 is 0 Å². The lowest BCUT2D eigenvalue weighted by Gasteiger charge is -2.38. The summed E-state index contributed by atoms with van der Waals surface area (Å²) in [6.45, 7) is 4.55. The fourth-order valence-corrected chi connectivity index (χ4v) is 2.66. The van der Waals surface area contributed by atoms with Gasteiger partial charge in [0.1, 0.15) is 6.73 Å². The third-order valence-electron chi connectivity index (χ3n) is 3.48. The molecule has 2 bridgehead atoms. The van der Waals surface area contributed by atoms with Crippen molar-refractivity contribution in [1.82, 2.24) is 9.80 Å². The fourth-order valence-electron chi connectivity index (χ4n) is 2.66. The molecule has 0 N–H and O–H groups in total. The number of carbonyl (C=O) groups is 1. The highest BCUT2D eigenvalue weighted by molar-refractivity contribution is 5.68. The molecular formula is C11H20N2O2. The summed E-state index contributed by atoms with van der Waals surface area (Å²) in [5.74, 6) is -0.0895. The van der Waals surface area contributed by atoms with Crippen LogP contribution in [-0.2, 0) is 9.53 Å². The molecule has 0 aromatic carbocycles. The van der Waals surface area contributed by atoms with Crippen LogP contribution in [0.25, 0.3) is 0 Å². The first-order valence-corrected chi connectivity index (χ1v) is 5.80. The molecule has 4 nitrogen and oxygen atoms in total. The van der Waals surface area contributed by atoms with Crippen LogP contribution >= 0.6 is 0 Å². The molecular weight excluding hydrogens is 192 g/mol. The van der Waals surface area contributed by atoms with Crippen LogP contribution in [0.1, 0.15) is 26.2 Å². The molecule has 2 saturated heterocycles. The van der Waals surface area contributed by atoms with Crippen LogP contribution in [0.3, 0.4) is 0 Å². The minimum Gasteiger partial charge on any atom is -0.449 e. The highest BCUT2D eigenvalue weighted by Crippen LogP contribution is 2.28. The first-order chi connectivity index (χ1) is 7.20. The SMILES string of the molecule is CCC(=O)OCN1C2CCC1CN(C)C2. The van der Waals surface area contributed by atoms with Crippen LogP contribution in [0.2, 0.25) is 0 Å². The first-order valence-electron chi connectivity index (χ1n) is 5.80. The van der Waals surface area contributed by atoms with Crippen LogP contribution < -0.4 is 0 Å². The molecule has 0 aromatic heterocycles. The minimum absolute atomic E-state index is 0.0895. The Morgan fingerprint density at radius 2 is 1.93 bits per heavy atom. The van der Waals surface area contributed by atoms with E-state index in [1.807, 2.05) is 6.92 Å². The average molecular weight is 212 g/mol. The fraction of sp³-hybridized carbons (Fsp3) is 0.909. The monoisotopic (exact) mass is 212 g/mol. The first kappa shape index (κ1) is 10.9. The molecule has 2 aliphatic heterocycles. The highest BCUT2D eigenvalue weighted by Gasteiger charge is 2.38. The van der Waals surface area contributed by atoms with Crippen LogP contribution in [0, 0.1) is 0 Å². The van der Waals surface area contributed by atoms with Crippen molar-refractivity contribution in [1.29, 1.82) is 0 Å². The number of rotatable bonds is 3. The molecule has 2 heterocycles. The number of carbonyl (C=O) groups excluding carboxylic acids is 1. The number of likely N-dealkylation sites (N-methyl/N-ethyl adjacent to an activating group) is 1. The zero-order valence-electron chi connectivity index (χ0n) is 9.61. The van der Waals surface area contributed by atoms with Gasteiger partial charge in [0.15, 0.2) is 0 Å². The maximum atomic E-state index is 11.1.